The predicted molar refractivity (Wildman–Crippen MR) is 74.4 cm³/mol. The van der Waals surface area contributed by atoms with Crippen molar-refractivity contribution in [3.8, 4) is 0 Å². The minimum absolute atomic E-state index is 0.0473. The Morgan fingerprint density at radius 1 is 1.45 bits per heavy atom. The average molecular weight is 280 g/mol. The number of halogens is 1. The molecule has 110 valence electrons. The van der Waals surface area contributed by atoms with Gasteiger partial charge in [-0.1, -0.05) is 12.1 Å². The van der Waals surface area contributed by atoms with Crippen LogP contribution in [0.3, 0.4) is 0 Å². The number of ether oxygens (including phenoxy) is 1. The molecule has 0 aliphatic heterocycles. The lowest BCUT2D eigenvalue weighted by Crippen LogP contribution is -2.45. The van der Waals surface area contributed by atoms with Gasteiger partial charge in [-0.2, -0.15) is 0 Å². The van der Waals surface area contributed by atoms with Crippen LogP contribution in [0.25, 0.3) is 0 Å². The summed E-state index contributed by atoms with van der Waals surface area (Å²) < 4.78 is 17.9. The lowest BCUT2D eigenvalue weighted by molar-refractivity contribution is -0.134. The molecule has 1 aromatic rings. The van der Waals surface area contributed by atoms with E-state index in [0.717, 1.165) is 18.4 Å². The first-order valence-corrected chi connectivity index (χ1v) is 6.91. The van der Waals surface area contributed by atoms with E-state index < -0.39 is 6.04 Å². The van der Waals surface area contributed by atoms with E-state index in [1.54, 1.807) is 19.2 Å². The summed E-state index contributed by atoms with van der Waals surface area (Å²) in [7, 11) is 1.59. The fraction of sp³-hybridized carbons (Fsp3) is 0.533. The molecule has 1 amide bonds. The number of carbonyl (C=O) groups is 1. The number of nitrogens with two attached hydrogens (primary N) is 1. The molecular formula is C15H21FN2O2. The Labute approximate surface area is 118 Å². The molecule has 1 aromatic carbocycles. The van der Waals surface area contributed by atoms with Crippen LogP contribution < -0.4 is 5.73 Å². The first-order valence-electron chi connectivity index (χ1n) is 6.91. The van der Waals surface area contributed by atoms with Gasteiger partial charge < -0.3 is 15.4 Å². The Hall–Kier alpha value is -1.46. The summed E-state index contributed by atoms with van der Waals surface area (Å²) in [6.07, 6.45) is 2.55. The molecule has 2 rings (SSSR count). The number of amides is 1. The van der Waals surface area contributed by atoms with Crippen LogP contribution in [0.15, 0.2) is 24.3 Å². The number of methoxy groups -OCH3 is 1. The first kappa shape index (κ1) is 14.9. The highest BCUT2D eigenvalue weighted by Crippen LogP contribution is 2.29. The molecule has 5 heteroatoms. The number of rotatable bonds is 7. The van der Waals surface area contributed by atoms with Crippen molar-refractivity contribution in [3.05, 3.63) is 35.6 Å². The highest BCUT2D eigenvalue weighted by atomic mass is 19.1. The van der Waals surface area contributed by atoms with Gasteiger partial charge in [0.05, 0.1) is 6.04 Å². The van der Waals surface area contributed by atoms with Crippen LogP contribution in [0.4, 0.5) is 4.39 Å². The molecule has 1 unspecified atom stereocenters. The van der Waals surface area contributed by atoms with Crippen LogP contribution in [0, 0.1) is 5.82 Å². The summed E-state index contributed by atoms with van der Waals surface area (Å²) >= 11 is 0. The molecule has 0 aromatic heterocycles. The Balaban J connectivity index is 1.99. The van der Waals surface area contributed by atoms with E-state index in [1.165, 1.54) is 12.1 Å². The Bertz CT molecular complexity index is 446. The van der Waals surface area contributed by atoms with Crippen molar-refractivity contribution in [2.75, 3.05) is 13.7 Å². The summed E-state index contributed by atoms with van der Waals surface area (Å²) in [5, 5.41) is 0. The van der Waals surface area contributed by atoms with E-state index >= 15 is 0 Å². The number of benzene rings is 1. The summed E-state index contributed by atoms with van der Waals surface area (Å²) in [6, 6.07) is 5.99. The van der Waals surface area contributed by atoms with E-state index in [0.29, 0.717) is 19.6 Å². The quantitative estimate of drug-likeness (QED) is 0.826. The molecular weight excluding hydrogens is 259 g/mol. The van der Waals surface area contributed by atoms with Crippen LogP contribution >= 0.6 is 0 Å². The molecule has 1 atom stereocenters. The van der Waals surface area contributed by atoms with Gasteiger partial charge in [-0.15, -0.1) is 0 Å². The van der Waals surface area contributed by atoms with Crippen molar-refractivity contribution in [3.63, 3.8) is 0 Å². The molecule has 0 spiro atoms. The van der Waals surface area contributed by atoms with Crippen molar-refractivity contribution < 1.29 is 13.9 Å². The highest BCUT2D eigenvalue weighted by molar-refractivity contribution is 5.82. The summed E-state index contributed by atoms with van der Waals surface area (Å²) in [5.74, 6) is -0.316. The number of hydrogen-bond donors (Lipinski definition) is 1. The fourth-order valence-electron chi connectivity index (χ4n) is 2.14. The molecule has 20 heavy (non-hydrogen) atoms. The van der Waals surface area contributed by atoms with E-state index in [2.05, 4.69) is 0 Å². The van der Waals surface area contributed by atoms with Crippen molar-refractivity contribution in [2.24, 2.45) is 5.73 Å². The van der Waals surface area contributed by atoms with E-state index in [-0.39, 0.29) is 17.8 Å². The number of hydrogen-bond acceptors (Lipinski definition) is 3. The summed E-state index contributed by atoms with van der Waals surface area (Å²) in [6.45, 7) is 0.965. The normalized spacial score (nSPS) is 15.9. The fourth-order valence-corrected chi connectivity index (χ4v) is 2.14. The van der Waals surface area contributed by atoms with Gasteiger partial charge >= 0.3 is 0 Å². The lowest BCUT2D eigenvalue weighted by Gasteiger charge is -2.25. The van der Waals surface area contributed by atoms with Crippen LogP contribution in [0.2, 0.25) is 0 Å². The molecule has 1 aliphatic carbocycles. The van der Waals surface area contributed by atoms with Crippen molar-refractivity contribution in [1.82, 2.24) is 4.90 Å². The SMILES string of the molecule is COCCC(N)C(=O)N(Cc1ccc(F)cc1)C1CC1. The van der Waals surface area contributed by atoms with Gasteiger partial charge in [-0.3, -0.25) is 4.79 Å². The topological polar surface area (TPSA) is 55.6 Å². The zero-order chi connectivity index (χ0) is 14.5. The van der Waals surface area contributed by atoms with E-state index in [9.17, 15) is 9.18 Å². The maximum atomic E-state index is 12.9. The van der Waals surface area contributed by atoms with Gasteiger partial charge in [0.25, 0.3) is 0 Å². The molecule has 2 N–H and O–H groups in total. The maximum Gasteiger partial charge on any atom is 0.240 e. The van der Waals surface area contributed by atoms with E-state index in [1.807, 2.05) is 4.90 Å². The van der Waals surface area contributed by atoms with Gasteiger partial charge in [0, 0.05) is 26.3 Å². The Morgan fingerprint density at radius 2 is 2.10 bits per heavy atom. The van der Waals surface area contributed by atoms with Crippen LogP contribution in [-0.2, 0) is 16.1 Å². The lowest BCUT2D eigenvalue weighted by atomic mass is 10.1. The molecule has 0 saturated heterocycles. The first-order chi connectivity index (χ1) is 9.61. The minimum Gasteiger partial charge on any atom is -0.385 e. The Morgan fingerprint density at radius 3 is 2.65 bits per heavy atom. The third-order valence-corrected chi connectivity index (χ3v) is 3.49. The van der Waals surface area contributed by atoms with E-state index in [4.69, 9.17) is 10.5 Å². The second kappa shape index (κ2) is 6.81. The number of nitrogens with zero attached hydrogens (tertiary/aromatic N) is 1. The minimum atomic E-state index is -0.531. The highest BCUT2D eigenvalue weighted by Gasteiger charge is 2.34. The monoisotopic (exact) mass is 280 g/mol. The molecule has 0 bridgehead atoms. The van der Waals surface area contributed by atoms with Gasteiger partial charge in [-0.05, 0) is 37.0 Å². The van der Waals surface area contributed by atoms with Crippen molar-refractivity contribution >= 4 is 5.91 Å². The van der Waals surface area contributed by atoms with Crippen LogP contribution in [-0.4, -0.2) is 36.6 Å². The second-order valence-corrected chi connectivity index (χ2v) is 5.21. The van der Waals surface area contributed by atoms with Gasteiger partial charge in [0.1, 0.15) is 5.82 Å². The summed E-state index contributed by atoms with van der Waals surface area (Å²) in [4.78, 5) is 14.2. The largest absolute Gasteiger partial charge is 0.385 e. The third kappa shape index (κ3) is 4.02. The van der Waals surface area contributed by atoms with Gasteiger partial charge in [0.2, 0.25) is 5.91 Å². The maximum absolute atomic E-state index is 12.9. The zero-order valence-electron chi connectivity index (χ0n) is 11.7. The van der Waals surface area contributed by atoms with Crippen molar-refractivity contribution in [1.29, 1.82) is 0 Å². The molecule has 1 fully saturated rings. The predicted octanol–water partition coefficient (Wildman–Crippen LogP) is 1.68. The van der Waals surface area contributed by atoms with Crippen molar-refractivity contribution in [2.45, 2.75) is 37.9 Å². The van der Waals surface area contributed by atoms with Crippen LogP contribution in [0.5, 0.6) is 0 Å². The number of carbonyl (C=O) groups excluding carboxylic acids is 1. The second-order valence-electron chi connectivity index (χ2n) is 5.21. The smallest absolute Gasteiger partial charge is 0.240 e. The Kier molecular flexibility index (Phi) is 5.09. The van der Waals surface area contributed by atoms with Gasteiger partial charge in [-0.25, -0.2) is 4.39 Å². The summed E-state index contributed by atoms with van der Waals surface area (Å²) in [5.41, 5.74) is 6.84. The molecule has 4 nitrogen and oxygen atoms in total. The zero-order valence-corrected chi connectivity index (χ0v) is 11.7. The third-order valence-electron chi connectivity index (χ3n) is 3.49. The molecule has 0 radical (unpaired) electrons. The van der Waals surface area contributed by atoms with Crippen LogP contribution in [0.1, 0.15) is 24.8 Å². The van der Waals surface area contributed by atoms with Gasteiger partial charge in [0.15, 0.2) is 0 Å². The molecule has 0 heterocycles. The average Bonchev–Trinajstić information content (AvgIpc) is 3.28. The molecule has 1 saturated carbocycles. The standard InChI is InChI=1S/C15H21FN2O2/c1-20-9-8-14(17)15(19)18(13-6-7-13)10-11-2-4-12(16)5-3-11/h2-5,13-14H,6-10,17H2,1H3. The molecule has 1 aliphatic rings.